The Balaban J connectivity index is 2.55. The molecule has 2 aliphatic rings. The summed E-state index contributed by atoms with van der Waals surface area (Å²) in [6.45, 7) is 3.81. The van der Waals surface area contributed by atoms with Gasteiger partial charge in [-0.3, -0.25) is 4.79 Å². The van der Waals surface area contributed by atoms with Crippen molar-refractivity contribution in [3.63, 3.8) is 0 Å². The third-order valence-corrected chi connectivity index (χ3v) is 4.88. The zero-order chi connectivity index (χ0) is 13.6. The molecule has 0 heterocycles. The van der Waals surface area contributed by atoms with E-state index in [4.69, 9.17) is 0 Å². The second-order valence-electron chi connectivity index (χ2n) is 5.42. The first-order valence-corrected chi connectivity index (χ1v) is 6.24. The normalized spacial score (nSPS) is 32.8. The third-order valence-electron chi connectivity index (χ3n) is 4.88. The molecule has 0 aromatic heterocycles. The van der Waals surface area contributed by atoms with Gasteiger partial charge < -0.3 is 10.2 Å². The Morgan fingerprint density at radius 1 is 1.39 bits per heavy atom. The Morgan fingerprint density at radius 2 is 2.00 bits per heavy atom. The largest absolute Gasteiger partial charge is 0.481 e. The summed E-state index contributed by atoms with van der Waals surface area (Å²) in [6.07, 6.45) is 7.34. The van der Waals surface area contributed by atoms with Crippen LogP contribution in [-0.2, 0) is 9.59 Å². The fourth-order valence-corrected chi connectivity index (χ4v) is 3.43. The summed E-state index contributed by atoms with van der Waals surface area (Å²) >= 11 is 0. The van der Waals surface area contributed by atoms with E-state index in [1.165, 1.54) is 0 Å². The predicted octanol–water partition coefficient (Wildman–Crippen LogP) is 2.46. The number of aliphatic carboxylic acids is 2. The number of hydrogen-bond acceptors (Lipinski definition) is 2. The minimum atomic E-state index is -1.01. The van der Waals surface area contributed by atoms with Gasteiger partial charge in [-0.15, -0.1) is 0 Å². The molecule has 0 spiro atoms. The minimum Gasteiger partial charge on any atom is -0.481 e. The van der Waals surface area contributed by atoms with E-state index >= 15 is 0 Å². The van der Waals surface area contributed by atoms with Crippen LogP contribution in [0, 0.1) is 16.7 Å². The zero-order valence-electron chi connectivity index (χ0n) is 10.6. The highest BCUT2D eigenvalue weighted by atomic mass is 16.4. The van der Waals surface area contributed by atoms with Gasteiger partial charge >= 0.3 is 11.9 Å². The smallest absolute Gasteiger partial charge is 0.332 e. The quantitative estimate of drug-likeness (QED) is 0.803. The highest BCUT2D eigenvalue weighted by Crippen LogP contribution is 2.67. The second kappa shape index (κ2) is 3.97. The van der Waals surface area contributed by atoms with E-state index in [0.717, 1.165) is 19.3 Å². The van der Waals surface area contributed by atoms with Gasteiger partial charge in [0.25, 0.3) is 0 Å². The van der Waals surface area contributed by atoms with Crippen molar-refractivity contribution in [2.24, 2.45) is 16.7 Å². The number of rotatable bonds is 4. The Bertz CT molecular complexity index is 456. The molecule has 1 fully saturated rings. The van der Waals surface area contributed by atoms with E-state index < -0.39 is 23.3 Å². The molecule has 0 bridgehead atoms. The van der Waals surface area contributed by atoms with Crippen LogP contribution in [0.3, 0.4) is 0 Å². The van der Waals surface area contributed by atoms with Crippen LogP contribution >= 0.6 is 0 Å². The van der Waals surface area contributed by atoms with Crippen LogP contribution in [0.1, 0.15) is 33.1 Å². The number of hydrogen-bond donors (Lipinski definition) is 2. The van der Waals surface area contributed by atoms with Crippen molar-refractivity contribution >= 4 is 11.9 Å². The molecule has 18 heavy (non-hydrogen) atoms. The van der Waals surface area contributed by atoms with Crippen LogP contribution in [0.5, 0.6) is 0 Å². The number of carbonyl (C=O) groups is 2. The molecular weight excluding hydrogens is 232 g/mol. The number of allylic oxidation sites excluding steroid dienone is 2. The minimum absolute atomic E-state index is 0.176. The van der Waals surface area contributed by atoms with Crippen LogP contribution in [0.4, 0.5) is 0 Å². The average Bonchev–Trinajstić information content (AvgIpc) is 3.09. The fraction of sp³-hybridized carbons (Fsp3) is 0.571. The van der Waals surface area contributed by atoms with Gasteiger partial charge in [0.15, 0.2) is 0 Å². The third kappa shape index (κ3) is 1.51. The SMILES string of the molecule is CCC1(C2(C)C(C(=O)O)=CC=CC2C(=O)O)CC1. The van der Waals surface area contributed by atoms with Crippen LogP contribution in [0.15, 0.2) is 23.8 Å². The first-order chi connectivity index (χ1) is 8.39. The molecule has 0 aromatic rings. The van der Waals surface area contributed by atoms with Crippen molar-refractivity contribution in [3.05, 3.63) is 23.8 Å². The molecule has 2 rings (SSSR count). The van der Waals surface area contributed by atoms with Gasteiger partial charge in [-0.25, -0.2) is 4.79 Å². The molecule has 2 atom stereocenters. The summed E-state index contributed by atoms with van der Waals surface area (Å²) in [5.74, 6) is -2.70. The van der Waals surface area contributed by atoms with Gasteiger partial charge in [0, 0.05) is 11.0 Å². The Morgan fingerprint density at radius 3 is 2.39 bits per heavy atom. The number of carboxylic acid groups (broad SMARTS) is 2. The van der Waals surface area contributed by atoms with E-state index in [9.17, 15) is 19.8 Å². The standard InChI is InChI=1S/C14H18O4/c1-3-14(7-8-14)13(2)9(11(15)16)5-4-6-10(13)12(17)18/h4-6,9H,3,7-8H2,1-2H3,(H,15,16)(H,17,18). The maximum Gasteiger partial charge on any atom is 0.332 e. The lowest BCUT2D eigenvalue weighted by molar-refractivity contribution is -0.146. The zero-order valence-corrected chi connectivity index (χ0v) is 10.6. The van der Waals surface area contributed by atoms with Crippen molar-refractivity contribution in [2.75, 3.05) is 0 Å². The van der Waals surface area contributed by atoms with Crippen molar-refractivity contribution in [1.29, 1.82) is 0 Å². The Labute approximate surface area is 106 Å². The van der Waals surface area contributed by atoms with Gasteiger partial charge in [0.05, 0.1) is 5.92 Å². The van der Waals surface area contributed by atoms with E-state index in [0.29, 0.717) is 0 Å². The highest BCUT2D eigenvalue weighted by molar-refractivity contribution is 5.91. The van der Waals surface area contributed by atoms with E-state index in [1.54, 1.807) is 25.2 Å². The van der Waals surface area contributed by atoms with Crippen molar-refractivity contribution in [2.45, 2.75) is 33.1 Å². The van der Waals surface area contributed by atoms with Crippen LogP contribution in [0.2, 0.25) is 0 Å². The molecule has 4 heteroatoms. The lowest BCUT2D eigenvalue weighted by Crippen LogP contribution is -2.44. The first kappa shape index (κ1) is 12.9. The monoisotopic (exact) mass is 250 g/mol. The van der Waals surface area contributed by atoms with Crippen LogP contribution < -0.4 is 0 Å². The van der Waals surface area contributed by atoms with Crippen LogP contribution in [0.25, 0.3) is 0 Å². The molecule has 4 nitrogen and oxygen atoms in total. The number of carboxylic acids is 2. The predicted molar refractivity (Wildman–Crippen MR) is 66.0 cm³/mol. The lowest BCUT2D eigenvalue weighted by atomic mass is 9.58. The van der Waals surface area contributed by atoms with E-state index in [2.05, 4.69) is 0 Å². The summed E-state index contributed by atoms with van der Waals surface area (Å²) in [5.41, 5.74) is -0.754. The summed E-state index contributed by atoms with van der Waals surface area (Å²) in [7, 11) is 0. The topological polar surface area (TPSA) is 74.6 Å². The van der Waals surface area contributed by atoms with Crippen molar-refractivity contribution < 1.29 is 19.8 Å². The van der Waals surface area contributed by atoms with Crippen molar-refractivity contribution in [1.82, 2.24) is 0 Å². The molecule has 2 N–H and O–H groups in total. The van der Waals surface area contributed by atoms with Gasteiger partial charge in [-0.05, 0) is 24.7 Å². The molecule has 0 amide bonds. The Hall–Kier alpha value is -1.58. The molecule has 98 valence electrons. The molecule has 2 aliphatic carbocycles. The van der Waals surface area contributed by atoms with E-state index in [-0.39, 0.29) is 11.0 Å². The molecule has 2 unspecified atom stereocenters. The summed E-state index contributed by atoms with van der Waals surface area (Å²) in [5, 5.41) is 18.8. The summed E-state index contributed by atoms with van der Waals surface area (Å²) in [6, 6.07) is 0. The highest BCUT2D eigenvalue weighted by Gasteiger charge is 2.63. The van der Waals surface area contributed by atoms with Gasteiger partial charge in [0.2, 0.25) is 0 Å². The summed E-state index contributed by atoms with van der Waals surface area (Å²) in [4.78, 5) is 22.9. The fourth-order valence-electron chi connectivity index (χ4n) is 3.43. The Kier molecular flexibility index (Phi) is 2.84. The van der Waals surface area contributed by atoms with E-state index in [1.807, 2.05) is 6.92 Å². The molecular formula is C14H18O4. The first-order valence-electron chi connectivity index (χ1n) is 6.24. The molecule has 0 aromatic carbocycles. The molecule has 0 saturated heterocycles. The average molecular weight is 250 g/mol. The maximum absolute atomic E-state index is 11.5. The molecule has 0 radical (unpaired) electrons. The van der Waals surface area contributed by atoms with Crippen molar-refractivity contribution in [3.8, 4) is 0 Å². The maximum atomic E-state index is 11.5. The van der Waals surface area contributed by atoms with Gasteiger partial charge in [-0.2, -0.15) is 0 Å². The molecule has 0 aliphatic heterocycles. The lowest BCUT2D eigenvalue weighted by Gasteiger charge is -2.43. The van der Waals surface area contributed by atoms with Gasteiger partial charge in [-0.1, -0.05) is 32.1 Å². The molecule has 1 saturated carbocycles. The van der Waals surface area contributed by atoms with Gasteiger partial charge in [0.1, 0.15) is 0 Å². The van der Waals surface area contributed by atoms with Crippen LogP contribution in [-0.4, -0.2) is 22.2 Å². The summed E-state index contributed by atoms with van der Waals surface area (Å²) < 4.78 is 0. The second-order valence-corrected chi connectivity index (χ2v) is 5.42.